The summed E-state index contributed by atoms with van der Waals surface area (Å²) < 4.78 is 7.93. The predicted octanol–water partition coefficient (Wildman–Crippen LogP) is 5.11. The summed E-state index contributed by atoms with van der Waals surface area (Å²) in [6.45, 7) is 0.721. The number of hydrogen-bond donors (Lipinski definition) is 1. The Morgan fingerprint density at radius 1 is 1.19 bits per heavy atom. The largest absolute Gasteiger partial charge is 0.493 e. The van der Waals surface area contributed by atoms with Gasteiger partial charge in [0.15, 0.2) is 0 Å². The molecule has 1 aliphatic heterocycles. The number of rotatable bonds is 3. The van der Waals surface area contributed by atoms with Gasteiger partial charge in [-0.25, -0.2) is 0 Å². The second kappa shape index (κ2) is 6.29. The van der Waals surface area contributed by atoms with Crippen LogP contribution in [0.1, 0.15) is 22.7 Å². The van der Waals surface area contributed by atoms with Gasteiger partial charge in [0.05, 0.1) is 12.6 Å². The molecule has 2 aromatic carbocycles. The lowest BCUT2D eigenvalue weighted by molar-refractivity contribution is 0.351. The third kappa shape index (κ3) is 3.00. The van der Waals surface area contributed by atoms with E-state index in [1.807, 2.05) is 31.3 Å². The maximum absolute atomic E-state index is 6.28. The molecule has 0 aliphatic carbocycles. The third-order valence-corrected chi connectivity index (χ3v) is 5.08. The van der Waals surface area contributed by atoms with Gasteiger partial charge >= 0.3 is 0 Å². The molecule has 110 valence electrons. The molecule has 0 saturated heterocycles. The van der Waals surface area contributed by atoms with E-state index in [4.69, 9.17) is 16.3 Å². The molecule has 1 unspecified atom stereocenters. The Morgan fingerprint density at radius 3 is 2.76 bits per heavy atom. The molecule has 1 heterocycles. The molecule has 0 amide bonds. The Labute approximate surface area is 146 Å². The lowest BCUT2D eigenvalue weighted by Gasteiger charge is -2.21. The van der Waals surface area contributed by atoms with E-state index in [1.54, 1.807) is 0 Å². The highest BCUT2D eigenvalue weighted by Crippen LogP contribution is 2.40. The zero-order valence-electron chi connectivity index (χ0n) is 11.4. The highest BCUT2D eigenvalue weighted by Gasteiger charge is 2.25. The molecule has 0 radical (unpaired) electrons. The fourth-order valence-corrected chi connectivity index (χ4v) is 3.83. The molecule has 2 aromatic rings. The summed E-state index contributed by atoms with van der Waals surface area (Å²) in [5.41, 5.74) is 3.41. The van der Waals surface area contributed by atoms with Crippen molar-refractivity contribution in [3.63, 3.8) is 0 Å². The van der Waals surface area contributed by atoms with Crippen LogP contribution in [-0.4, -0.2) is 13.7 Å². The van der Waals surface area contributed by atoms with Crippen LogP contribution in [0.2, 0.25) is 5.02 Å². The monoisotopic (exact) mass is 429 g/mol. The van der Waals surface area contributed by atoms with Gasteiger partial charge in [-0.2, -0.15) is 0 Å². The fourth-order valence-electron chi connectivity index (χ4n) is 2.73. The summed E-state index contributed by atoms with van der Waals surface area (Å²) in [5.74, 6) is 0.964. The quantitative estimate of drug-likeness (QED) is 0.729. The first-order valence-corrected chi connectivity index (χ1v) is 8.64. The number of halogens is 3. The van der Waals surface area contributed by atoms with Crippen LogP contribution in [0.15, 0.2) is 39.3 Å². The van der Waals surface area contributed by atoms with Crippen molar-refractivity contribution in [3.8, 4) is 5.75 Å². The Kier molecular flexibility index (Phi) is 4.60. The van der Waals surface area contributed by atoms with Gasteiger partial charge in [0.1, 0.15) is 5.75 Å². The highest BCUT2D eigenvalue weighted by molar-refractivity contribution is 9.11. The first-order valence-electron chi connectivity index (χ1n) is 6.67. The third-order valence-electron chi connectivity index (χ3n) is 3.65. The van der Waals surface area contributed by atoms with Crippen LogP contribution < -0.4 is 10.1 Å². The molecule has 2 nitrogen and oxygen atoms in total. The van der Waals surface area contributed by atoms with Crippen molar-refractivity contribution in [2.45, 2.75) is 12.5 Å². The SMILES string of the molecule is CNC(c1cc(Br)ccc1Br)c1cc(Cl)cc2c1OCC2. The van der Waals surface area contributed by atoms with Crippen LogP contribution in [0.4, 0.5) is 0 Å². The van der Waals surface area contributed by atoms with Gasteiger partial charge in [-0.1, -0.05) is 43.5 Å². The summed E-state index contributed by atoms with van der Waals surface area (Å²) in [6.07, 6.45) is 0.916. The number of benzene rings is 2. The van der Waals surface area contributed by atoms with Gasteiger partial charge in [0.25, 0.3) is 0 Å². The Balaban J connectivity index is 2.15. The van der Waals surface area contributed by atoms with Crippen LogP contribution in [0, 0.1) is 0 Å². The van der Waals surface area contributed by atoms with Crippen molar-refractivity contribution in [1.29, 1.82) is 0 Å². The zero-order chi connectivity index (χ0) is 15.0. The minimum absolute atomic E-state index is 0.0161. The van der Waals surface area contributed by atoms with Crippen molar-refractivity contribution in [2.24, 2.45) is 0 Å². The van der Waals surface area contributed by atoms with Gasteiger partial charge in [-0.05, 0) is 48.5 Å². The van der Waals surface area contributed by atoms with Crippen molar-refractivity contribution >= 4 is 43.5 Å². The Morgan fingerprint density at radius 2 is 2.00 bits per heavy atom. The van der Waals surface area contributed by atoms with Crippen LogP contribution in [0.5, 0.6) is 5.75 Å². The van der Waals surface area contributed by atoms with Crippen LogP contribution in [-0.2, 0) is 6.42 Å². The molecule has 3 rings (SSSR count). The van der Waals surface area contributed by atoms with Crippen molar-refractivity contribution in [3.05, 3.63) is 61.0 Å². The smallest absolute Gasteiger partial charge is 0.127 e. The first kappa shape index (κ1) is 15.3. The summed E-state index contributed by atoms with van der Waals surface area (Å²) in [5, 5.41) is 4.12. The second-order valence-electron chi connectivity index (χ2n) is 4.97. The molecule has 21 heavy (non-hydrogen) atoms. The minimum Gasteiger partial charge on any atom is -0.493 e. The van der Waals surface area contributed by atoms with Gasteiger partial charge < -0.3 is 10.1 Å². The average Bonchev–Trinajstić information content (AvgIpc) is 2.91. The van der Waals surface area contributed by atoms with Gasteiger partial charge in [-0.3, -0.25) is 0 Å². The van der Waals surface area contributed by atoms with E-state index in [9.17, 15) is 0 Å². The van der Waals surface area contributed by atoms with E-state index in [2.05, 4.69) is 43.2 Å². The molecule has 0 aromatic heterocycles. The summed E-state index contributed by atoms with van der Waals surface area (Å²) >= 11 is 13.5. The van der Waals surface area contributed by atoms with Crippen LogP contribution in [0.25, 0.3) is 0 Å². The van der Waals surface area contributed by atoms with Gasteiger partial charge in [0, 0.05) is 26.0 Å². The second-order valence-corrected chi connectivity index (χ2v) is 7.18. The Bertz CT molecular complexity index is 690. The molecule has 1 N–H and O–H groups in total. The maximum atomic E-state index is 6.28. The predicted molar refractivity (Wildman–Crippen MR) is 93.4 cm³/mol. The Hall–Kier alpha value is -0.550. The molecular weight excluding hydrogens is 417 g/mol. The van der Waals surface area contributed by atoms with Crippen molar-refractivity contribution < 1.29 is 4.74 Å². The zero-order valence-corrected chi connectivity index (χ0v) is 15.3. The number of ether oxygens (including phenoxy) is 1. The molecule has 0 bridgehead atoms. The number of fused-ring (bicyclic) bond motifs is 1. The normalized spacial score (nSPS) is 14.7. The van der Waals surface area contributed by atoms with E-state index in [0.29, 0.717) is 0 Å². The van der Waals surface area contributed by atoms with Crippen molar-refractivity contribution in [2.75, 3.05) is 13.7 Å². The van der Waals surface area contributed by atoms with E-state index >= 15 is 0 Å². The number of nitrogens with one attached hydrogen (secondary N) is 1. The van der Waals surface area contributed by atoms with E-state index in [0.717, 1.165) is 43.9 Å². The van der Waals surface area contributed by atoms with Crippen LogP contribution in [0.3, 0.4) is 0 Å². The highest BCUT2D eigenvalue weighted by atomic mass is 79.9. The molecule has 1 aliphatic rings. The van der Waals surface area contributed by atoms with Crippen LogP contribution >= 0.6 is 43.5 Å². The maximum Gasteiger partial charge on any atom is 0.127 e. The lowest BCUT2D eigenvalue weighted by Crippen LogP contribution is -2.19. The van der Waals surface area contributed by atoms with E-state index < -0.39 is 0 Å². The molecular formula is C16H14Br2ClNO. The topological polar surface area (TPSA) is 21.3 Å². The molecule has 0 spiro atoms. The molecule has 0 saturated carbocycles. The first-order chi connectivity index (χ1) is 10.1. The standard InChI is InChI=1S/C16H14Br2ClNO/c1-20-15(12-7-10(17)2-3-14(12)18)13-8-11(19)6-9-4-5-21-16(9)13/h2-3,6-8,15,20H,4-5H2,1H3. The summed E-state index contributed by atoms with van der Waals surface area (Å²) in [6, 6.07) is 10.2. The molecule has 0 fully saturated rings. The average molecular weight is 432 g/mol. The number of hydrogen-bond acceptors (Lipinski definition) is 2. The van der Waals surface area contributed by atoms with E-state index in [-0.39, 0.29) is 6.04 Å². The molecule has 5 heteroatoms. The minimum atomic E-state index is 0.0161. The lowest BCUT2D eigenvalue weighted by atomic mass is 9.96. The summed E-state index contributed by atoms with van der Waals surface area (Å²) in [4.78, 5) is 0. The van der Waals surface area contributed by atoms with Gasteiger partial charge in [0.2, 0.25) is 0 Å². The van der Waals surface area contributed by atoms with E-state index in [1.165, 1.54) is 5.56 Å². The molecule has 1 atom stereocenters. The van der Waals surface area contributed by atoms with Crippen molar-refractivity contribution in [1.82, 2.24) is 5.32 Å². The van der Waals surface area contributed by atoms with Gasteiger partial charge in [-0.15, -0.1) is 0 Å². The fraction of sp³-hybridized carbons (Fsp3) is 0.250. The summed E-state index contributed by atoms with van der Waals surface area (Å²) in [7, 11) is 1.94.